The maximum atomic E-state index is 12.4. The second-order valence-electron chi connectivity index (χ2n) is 4.30. The molecule has 2 rings (SSSR count). The van der Waals surface area contributed by atoms with Crippen LogP contribution in [-0.4, -0.2) is 35.9 Å². The first-order valence-electron chi connectivity index (χ1n) is 6.19. The largest absolute Gasteiger partial charge is 0.469 e. The third-order valence-corrected chi connectivity index (χ3v) is 3.08. The van der Waals surface area contributed by atoms with Crippen LogP contribution in [0.25, 0.3) is 10.8 Å². The van der Waals surface area contributed by atoms with Crippen molar-refractivity contribution < 1.29 is 19.1 Å². The van der Waals surface area contributed by atoms with E-state index in [-0.39, 0.29) is 6.42 Å². The number of esters is 2. The topological polar surface area (TPSA) is 87.5 Å². The number of carbonyl (C=O) groups is 2. The van der Waals surface area contributed by atoms with Crippen LogP contribution >= 0.6 is 0 Å². The molecule has 0 saturated carbocycles. The molecule has 0 aliphatic rings. The smallest absolute Gasteiger partial charge is 0.331 e. The van der Waals surface area contributed by atoms with Crippen molar-refractivity contribution in [2.24, 2.45) is 0 Å². The van der Waals surface area contributed by atoms with Gasteiger partial charge in [0.2, 0.25) is 0 Å². The minimum Gasteiger partial charge on any atom is -0.469 e. The first-order chi connectivity index (χ1) is 10.1. The molecular formula is C14H14N2O5. The van der Waals surface area contributed by atoms with Gasteiger partial charge in [-0.15, -0.1) is 0 Å². The quantitative estimate of drug-likeness (QED) is 0.769. The lowest BCUT2D eigenvalue weighted by Crippen LogP contribution is -2.34. The minimum absolute atomic E-state index is 0.325. The van der Waals surface area contributed by atoms with Crippen molar-refractivity contribution in [2.45, 2.75) is 12.5 Å². The Labute approximate surface area is 120 Å². The van der Waals surface area contributed by atoms with Crippen LogP contribution < -0.4 is 5.56 Å². The van der Waals surface area contributed by atoms with Crippen molar-refractivity contribution in [2.75, 3.05) is 14.2 Å². The van der Waals surface area contributed by atoms with Crippen molar-refractivity contribution in [3.8, 4) is 0 Å². The number of ether oxygens (including phenoxy) is 2. The number of hydrogen-bond acceptors (Lipinski definition) is 6. The van der Waals surface area contributed by atoms with Gasteiger partial charge in [-0.2, -0.15) is 5.10 Å². The standard InChI is InChI=1S/C14H14N2O5/c1-20-12(17)7-11(14(19)21-2)16-13(18)10-6-4-3-5-9(10)8-15-16/h3-6,8,11H,7H2,1-2H3. The molecule has 0 bridgehead atoms. The molecule has 0 amide bonds. The van der Waals surface area contributed by atoms with Crippen LogP contribution in [0.2, 0.25) is 0 Å². The second kappa shape index (κ2) is 6.17. The first-order valence-corrected chi connectivity index (χ1v) is 6.19. The number of aromatic nitrogens is 2. The number of rotatable bonds is 4. The van der Waals surface area contributed by atoms with Crippen molar-refractivity contribution >= 4 is 22.7 Å². The molecule has 1 aromatic heterocycles. The normalized spacial score (nSPS) is 11.9. The summed E-state index contributed by atoms with van der Waals surface area (Å²) >= 11 is 0. The summed E-state index contributed by atoms with van der Waals surface area (Å²) in [5.41, 5.74) is -0.465. The Balaban J connectivity index is 2.54. The van der Waals surface area contributed by atoms with Crippen LogP contribution in [-0.2, 0) is 19.1 Å². The Hall–Kier alpha value is -2.70. The predicted octanol–water partition coefficient (Wildman–Crippen LogP) is 0.674. The summed E-state index contributed by atoms with van der Waals surface area (Å²) in [7, 11) is 2.38. The summed E-state index contributed by atoms with van der Waals surface area (Å²) in [6.45, 7) is 0. The lowest BCUT2D eigenvalue weighted by Gasteiger charge is -2.15. The van der Waals surface area contributed by atoms with Crippen LogP contribution in [0, 0.1) is 0 Å². The van der Waals surface area contributed by atoms with E-state index in [9.17, 15) is 14.4 Å². The van der Waals surface area contributed by atoms with E-state index < -0.39 is 23.5 Å². The Morgan fingerprint density at radius 1 is 1.24 bits per heavy atom. The van der Waals surface area contributed by atoms with E-state index in [0.29, 0.717) is 10.8 Å². The fourth-order valence-electron chi connectivity index (χ4n) is 1.97. The van der Waals surface area contributed by atoms with Gasteiger partial charge in [-0.05, 0) is 6.07 Å². The minimum atomic E-state index is -1.15. The van der Waals surface area contributed by atoms with Crippen LogP contribution in [0.3, 0.4) is 0 Å². The van der Waals surface area contributed by atoms with Crippen molar-refractivity contribution in [3.63, 3.8) is 0 Å². The Morgan fingerprint density at radius 3 is 2.62 bits per heavy atom. The predicted molar refractivity (Wildman–Crippen MR) is 73.7 cm³/mol. The van der Waals surface area contributed by atoms with E-state index in [1.165, 1.54) is 20.4 Å². The van der Waals surface area contributed by atoms with Gasteiger partial charge in [-0.3, -0.25) is 9.59 Å². The van der Waals surface area contributed by atoms with Gasteiger partial charge >= 0.3 is 11.9 Å². The van der Waals surface area contributed by atoms with E-state index in [1.807, 2.05) is 0 Å². The number of nitrogens with zero attached hydrogens (tertiary/aromatic N) is 2. The fraction of sp³-hybridized carbons (Fsp3) is 0.286. The molecule has 21 heavy (non-hydrogen) atoms. The van der Waals surface area contributed by atoms with Crippen molar-refractivity contribution in [1.82, 2.24) is 9.78 Å². The highest BCUT2D eigenvalue weighted by molar-refractivity contribution is 5.83. The molecule has 1 aromatic carbocycles. The Kier molecular flexibility index (Phi) is 4.32. The van der Waals surface area contributed by atoms with E-state index >= 15 is 0 Å². The summed E-state index contributed by atoms with van der Waals surface area (Å²) in [6, 6.07) is 5.70. The zero-order valence-corrected chi connectivity index (χ0v) is 11.6. The van der Waals surface area contributed by atoms with Gasteiger partial charge in [0.25, 0.3) is 5.56 Å². The SMILES string of the molecule is COC(=O)CC(C(=O)OC)n1ncc2ccccc2c1=O. The number of methoxy groups -OCH3 is 2. The van der Waals surface area contributed by atoms with E-state index in [1.54, 1.807) is 24.3 Å². The molecule has 0 fully saturated rings. The van der Waals surface area contributed by atoms with Gasteiger partial charge in [-0.25, -0.2) is 9.48 Å². The van der Waals surface area contributed by atoms with Gasteiger partial charge < -0.3 is 9.47 Å². The molecule has 0 saturated heterocycles. The summed E-state index contributed by atoms with van der Waals surface area (Å²) in [5, 5.41) is 5.02. The van der Waals surface area contributed by atoms with Crippen LogP contribution in [0.5, 0.6) is 0 Å². The maximum absolute atomic E-state index is 12.4. The Bertz CT molecular complexity index is 737. The van der Waals surface area contributed by atoms with Crippen LogP contribution in [0.1, 0.15) is 12.5 Å². The number of fused-ring (bicyclic) bond motifs is 1. The molecule has 1 atom stereocenters. The number of benzene rings is 1. The molecule has 110 valence electrons. The molecule has 1 heterocycles. The van der Waals surface area contributed by atoms with E-state index in [2.05, 4.69) is 14.6 Å². The molecule has 2 aromatic rings. The molecule has 7 heteroatoms. The van der Waals surface area contributed by atoms with Gasteiger partial charge in [0, 0.05) is 5.39 Å². The zero-order chi connectivity index (χ0) is 15.4. The molecule has 0 N–H and O–H groups in total. The summed E-state index contributed by atoms with van der Waals surface area (Å²) < 4.78 is 10.1. The van der Waals surface area contributed by atoms with E-state index in [0.717, 1.165) is 4.68 Å². The highest BCUT2D eigenvalue weighted by Crippen LogP contribution is 2.14. The summed E-state index contributed by atoms with van der Waals surface area (Å²) in [5.74, 6) is -1.36. The Morgan fingerprint density at radius 2 is 1.95 bits per heavy atom. The third-order valence-electron chi connectivity index (χ3n) is 3.08. The molecular weight excluding hydrogens is 276 g/mol. The maximum Gasteiger partial charge on any atom is 0.331 e. The molecule has 0 radical (unpaired) electrons. The molecule has 1 unspecified atom stereocenters. The second-order valence-corrected chi connectivity index (χ2v) is 4.30. The van der Waals surface area contributed by atoms with Crippen molar-refractivity contribution in [1.29, 1.82) is 0 Å². The zero-order valence-electron chi connectivity index (χ0n) is 11.6. The highest BCUT2D eigenvalue weighted by atomic mass is 16.5. The average molecular weight is 290 g/mol. The lowest BCUT2D eigenvalue weighted by atomic mass is 10.1. The fourth-order valence-corrected chi connectivity index (χ4v) is 1.97. The van der Waals surface area contributed by atoms with Crippen molar-refractivity contribution in [3.05, 3.63) is 40.8 Å². The molecule has 0 aliphatic heterocycles. The first kappa shape index (κ1) is 14.7. The van der Waals surface area contributed by atoms with E-state index in [4.69, 9.17) is 0 Å². The highest BCUT2D eigenvalue weighted by Gasteiger charge is 2.27. The average Bonchev–Trinajstić information content (AvgIpc) is 2.52. The van der Waals surface area contributed by atoms with Gasteiger partial charge in [0.05, 0.1) is 32.2 Å². The monoisotopic (exact) mass is 290 g/mol. The van der Waals surface area contributed by atoms with Crippen LogP contribution in [0.15, 0.2) is 35.3 Å². The summed E-state index contributed by atoms with van der Waals surface area (Å²) in [4.78, 5) is 35.6. The van der Waals surface area contributed by atoms with Gasteiger partial charge in [0.15, 0.2) is 6.04 Å². The number of hydrogen-bond donors (Lipinski definition) is 0. The molecule has 7 nitrogen and oxygen atoms in total. The molecule has 0 aliphatic carbocycles. The number of carbonyl (C=O) groups excluding carboxylic acids is 2. The third kappa shape index (κ3) is 2.91. The lowest BCUT2D eigenvalue weighted by molar-refractivity contribution is -0.151. The summed E-state index contributed by atoms with van der Waals surface area (Å²) in [6.07, 6.45) is 1.14. The van der Waals surface area contributed by atoms with Crippen LogP contribution in [0.4, 0.5) is 0 Å². The van der Waals surface area contributed by atoms with Gasteiger partial charge in [-0.1, -0.05) is 18.2 Å². The van der Waals surface area contributed by atoms with Gasteiger partial charge in [0.1, 0.15) is 0 Å². The molecule has 0 spiro atoms.